The van der Waals surface area contributed by atoms with Gasteiger partial charge in [0, 0.05) is 6.42 Å². The van der Waals surface area contributed by atoms with Gasteiger partial charge in [0.25, 0.3) is 5.56 Å². The van der Waals surface area contributed by atoms with Crippen LogP contribution >= 0.6 is 0 Å². The second-order valence-electron chi connectivity index (χ2n) is 6.20. The van der Waals surface area contributed by atoms with Gasteiger partial charge in [0.15, 0.2) is 6.29 Å². The lowest BCUT2D eigenvalue weighted by atomic mass is 9.99. The van der Waals surface area contributed by atoms with Gasteiger partial charge in [0.2, 0.25) is 0 Å². The fourth-order valence-electron chi connectivity index (χ4n) is 2.90. The zero-order valence-electron chi connectivity index (χ0n) is 14.0. The summed E-state index contributed by atoms with van der Waals surface area (Å²) in [4.78, 5) is 19.1. The van der Waals surface area contributed by atoms with Gasteiger partial charge in [-0.25, -0.2) is 4.98 Å². The van der Waals surface area contributed by atoms with Gasteiger partial charge in [-0.3, -0.25) is 4.79 Å². The summed E-state index contributed by atoms with van der Waals surface area (Å²) in [6, 6.07) is 7.04. The van der Waals surface area contributed by atoms with E-state index in [1.807, 2.05) is 0 Å². The number of aliphatic hydroxyl groups is 4. The minimum absolute atomic E-state index is 0.166. The van der Waals surface area contributed by atoms with Crippen LogP contribution in [0.15, 0.2) is 29.1 Å². The molecule has 5 N–H and O–H groups in total. The van der Waals surface area contributed by atoms with Crippen molar-refractivity contribution in [3.63, 3.8) is 0 Å². The van der Waals surface area contributed by atoms with Crippen LogP contribution in [0, 0.1) is 0 Å². The number of para-hydroxylation sites is 1. The SMILES string of the molecule is O=c1[nH]c(CCCOC2OC(CO)C(O)C(O)C2O)nc2ccccc12. The number of nitrogens with one attached hydrogen (secondary N) is 1. The molecule has 9 nitrogen and oxygen atoms in total. The van der Waals surface area contributed by atoms with Gasteiger partial charge in [-0.2, -0.15) is 0 Å². The Labute approximate surface area is 148 Å². The maximum Gasteiger partial charge on any atom is 0.258 e. The molecule has 0 spiro atoms. The Hall–Kier alpha value is -1.88. The normalized spacial score (nSPS) is 29.2. The quantitative estimate of drug-likeness (QED) is 0.396. The molecule has 0 saturated carbocycles. The van der Waals surface area contributed by atoms with Crippen molar-refractivity contribution in [1.82, 2.24) is 9.97 Å². The smallest absolute Gasteiger partial charge is 0.258 e. The summed E-state index contributed by atoms with van der Waals surface area (Å²) >= 11 is 0. The number of aromatic amines is 1. The van der Waals surface area contributed by atoms with E-state index in [2.05, 4.69) is 9.97 Å². The van der Waals surface area contributed by atoms with Crippen LogP contribution in [0.25, 0.3) is 10.9 Å². The predicted octanol–water partition coefficient (Wildman–Crippen LogP) is -1.33. The number of aryl methyl sites for hydroxylation is 1. The van der Waals surface area contributed by atoms with Crippen LogP contribution in [0.4, 0.5) is 0 Å². The number of fused-ring (bicyclic) bond motifs is 1. The monoisotopic (exact) mass is 366 g/mol. The van der Waals surface area contributed by atoms with E-state index in [4.69, 9.17) is 14.6 Å². The summed E-state index contributed by atoms with van der Waals surface area (Å²) in [7, 11) is 0. The summed E-state index contributed by atoms with van der Waals surface area (Å²) in [6.07, 6.45) is -5.54. The molecule has 1 aliphatic heterocycles. The zero-order chi connectivity index (χ0) is 18.7. The van der Waals surface area contributed by atoms with Gasteiger partial charge < -0.3 is 34.9 Å². The van der Waals surface area contributed by atoms with E-state index in [9.17, 15) is 20.1 Å². The molecule has 1 saturated heterocycles. The molecule has 1 aromatic carbocycles. The molecule has 2 aromatic rings. The molecule has 2 heterocycles. The zero-order valence-corrected chi connectivity index (χ0v) is 14.0. The highest BCUT2D eigenvalue weighted by Gasteiger charge is 2.43. The van der Waals surface area contributed by atoms with Gasteiger partial charge >= 0.3 is 0 Å². The maximum absolute atomic E-state index is 12.0. The van der Waals surface area contributed by atoms with Crippen LogP contribution < -0.4 is 5.56 Å². The Morgan fingerprint density at radius 3 is 2.69 bits per heavy atom. The summed E-state index contributed by atoms with van der Waals surface area (Å²) in [5.74, 6) is 0.520. The molecule has 0 bridgehead atoms. The lowest BCUT2D eigenvalue weighted by Crippen LogP contribution is -2.59. The number of aromatic nitrogens is 2. The molecular weight excluding hydrogens is 344 g/mol. The van der Waals surface area contributed by atoms with E-state index < -0.39 is 37.3 Å². The maximum atomic E-state index is 12.0. The molecule has 3 rings (SSSR count). The number of ether oxygens (including phenoxy) is 2. The average Bonchev–Trinajstić information content (AvgIpc) is 2.65. The standard InChI is InChI=1S/C17H22N2O7/c20-8-11-13(21)14(22)15(23)17(26-11)25-7-3-6-12-18-10-5-2-1-4-9(10)16(24)19-12/h1-2,4-5,11,13-15,17,20-23H,3,6-8H2,(H,18,19,24). The van der Waals surface area contributed by atoms with Crippen LogP contribution in [-0.4, -0.2) is 74.3 Å². The first-order chi connectivity index (χ1) is 12.5. The fourth-order valence-corrected chi connectivity index (χ4v) is 2.90. The fraction of sp³-hybridized carbons (Fsp3) is 0.529. The number of hydrogen-bond acceptors (Lipinski definition) is 8. The Bertz CT molecular complexity index is 794. The highest BCUT2D eigenvalue weighted by molar-refractivity contribution is 5.77. The van der Waals surface area contributed by atoms with Gasteiger partial charge in [0.05, 0.1) is 24.1 Å². The first kappa shape index (κ1) is 18.9. The molecule has 142 valence electrons. The van der Waals surface area contributed by atoms with Crippen molar-refractivity contribution in [2.45, 2.75) is 43.5 Å². The molecular formula is C17H22N2O7. The lowest BCUT2D eigenvalue weighted by molar-refractivity contribution is -0.301. The number of H-pyrrole nitrogens is 1. The first-order valence-corrected chi connectivity index (χ1v) is 8.41. The van der Waals surface area contributed by atoms with Gasteiger partial charge in [-0.15, -0.1) is 0 Å². The van der Waals surface area contributed by atoms with E-state index in [0.29, 0.717) is 29.6 Å². The largest absolute Gasteiger partial charge is 0.394 e. The van der Waals surface area contributed by atoms with E-state index in [1.165, 1.54) is 0 Å². The number of rotatable bonds is 6. The van der Waals surface area contributed by atoms with Crippen LogP contribution in [0.2, 0.25) is 0 Å². The van der Waals surface area contributed by atoms with E-state index in [-0.39, 0.29) is 12.2 Å². The highest BCUT2D eigenvalue weighted by atomic mass is 16.7. The Kier molecular flexibility index (Phi) is 5.97. The number of nitrogens with zero attached hydrogens (tertiary/aromatic N) is 1. The first-order valence-electron chi connectivity index (χ1n) is 8.41. The number of benzene rings is 1. The Morgan fingerprint density at radius 1 is 1.15 bits per heavy atom. The predicted molar refractivity (Wildman–Crippen MR) is 90.4 cm³/mol. The number of hydrogen-bond donors (Lipinski definition) is 5. The molecule has 1 aromatic heterocycles. The van der Waals surface area contributed by atoms with Crippen molar-refractivity contribution in [2.75, 3.05) is 13.2 Å². The number of aliphatic hydroxyl groups excluding tert-OH is 4. The van der Waals surface area contributed by atoms with Crippen molar-refractivity contribution in [2.24, 2.45) is 0 Å². The van der Waals surface area contributed by atoms with Gasteiger partial charge in [-0.05, 0) is 18.6 Å². The van der Waals surface area contributed by atoms with Crippen LogP contribution in [-0.2, 0) is 15.9 Å². The molecule has 0 aliphatic carbocycles. The van der Waals surface area contributed by atoms with Crippen LogP contribution in [0.1, 0.15) is 12.2 Å². The van der Waals surface area contributed by atoms with Crippen molar-refractivity contribution >= 4 is 10.9 Å². The summed E-state index contributed by atoms with van der Waals surface area (Å²) < 4.78 is 10.7. The summed E-state index contributed by atoms with van der Waals surface area (Å²) in [5.41, 5.74) is 0.404. The third-order valence-electron chi connectivity index (χ3n) is 4.35. The molecule has 1 aliphatic rings. The second-order valence-corrected chi connectivity index (χ2v) is 6.20. The van der Waals surface area contributed by atoms with Crippen molar-refractivity contribution in [3.05, 3.63) is 40.4 Å². The van der Waals surface area contributed by atoms with Gasteiger partial charge in [0.1, 0.15) is 30.2 Å². The van der Waals surface area contributed by atoms with Crippen LogP contribution in [0.5, 0.6) is 0 Å². The summed E-state index contributed by atoms with van der Waals surface area (Å²) in [6.45, 7) is -0.341. The molecule has 9 heteroatoms. The average molecular weight is 366 g/mol. The third-order valence-corrected chi connectivity index (χ3v) is 4.35. The minimum atomic E-state index is -1.47. The van der Waals surface area contributed by atoms with E-state index >= 15 is 0 Å². The van der Waals surface area contributed by atoms with Crippen molar-refractivity contribution < 1.29 is 29.9 Å². The molecule has 1 fully saturated rings. The van der Waals surface area contributed by atoms with Crippen molar-refractivity contribution in [3.8, 4) is 0 Å². The second kappa shape index (κ2) is 8.21. The minimum Gasteiger partial charge on any atom is -0.394 e. The van der Waals surface area contributed by atoms with E-state index in [0.717, 1.165) is 0 Å². The Morgan fingerprint density at radius 2 is 1.92 bits per heavy atom. The molecule has 0 radical (unpaired) electrons. The molecule has 5 unspecified atom stereocenters. The van der Waals surface area contributed by atoms with Crippen LogP contribution in [0.3, 0.4) is 0 Å². The molecule has 0 amide bonds. The summed E-state index contributed by atoms with van der Waals surface area (Å²) in [5, 5.41) is 39.0. The Balaban J connectivity index is 1.55. The van der Waals surface area contributed by atoms with E-state index in [1.54, 1.807) is 24.3 Å². The molecule has 5 atom stereocenters. The molecule has 26 heavy (non-hydrogen) atoms. The van der Waals surface area contributed by atoms with Gasteiger partial charge in [-0.1, -0.05) is 12.1 Å². The highest BCUT2D eigenvalue weighted by Crippen LogP contribution is 2.22. The third kappa shape index (κ3) is 3.93. The lowest BCUT2D eigenvalue weighted by Gasteiger charge is -2.39. The van der Waals surface area contributed by atoms with Crippen molar-refractivity contribution in [1.29, 1.82) is 0 Å². The topological polar surface area (TPSA) is 145 Å².